The summed E-state index contributed by atoms with van der Waals surface area (Å²) < 4.78 is 26.4. The maximum Gasteiger partial charge on any atom is 0.261 e. The first-order chi connectivity index (χ1) is 8.23. The summed E-state index contributed by atoms with van der Waals surface area (Å²) in [4.78, 5) is 15.0. The van der Waals surface area contributed by atoms with Crippen LogP contribution >= 0.6 is 0 Å². The van der Waals surface area contributed by atoms with Crippen LogP contribution in [0.5, 0.6) is 0 Å². The molecule has 1 rings (SSSR count). The second-order valence-corrected chi connectivity index (χ2v) is 5.65. The summed E-state index contributed by atoms with van der Waals surface area (Å²) in [5.41, 5.74) is 9.37. The van der Waals surface area contributed by atoms with Crippen LogP contribution in [-0.4, -0.2) is 24.8 Å². The molecular weight excluding hydrogens is 256 g/mol. The minimum atomic E-state index is -3.99. The van der Waals surface area contributed by atoms with Gasteiger partial charge in [-0.05, 0) is 25.5 Å². The number of nitrogens with zero attached hydrogens (tertiary/aromatic N) is 1. The number of amides is 1. The van der Waals surface area contributed by atoms with Crippen LogP contribution in [-0.2, 0) is 14.8 Å². The van der Waals surface area contributed by atoms with E-state index in [4.69, 9.17) is 11.5 Å². The zero-order valence-electron chi connectivity index (χ0n) is 10.2. The van der Waals surface area contributed by atoms with E-state index in [9.17, 15) is 13.2 Å². The summed E-state index contributed by atoms with van der Waals surface area (Å²) >= 11 is 0. The van der Waals surface area contributed by atoms with Gasteiger partial charge >= 0.3 is 0 Å². The summed E-state index contributed by atoms with van der Waals surface area (Å²) in [5, 5.41) is -0.314. The second kappa shape index (κ2) is 4.91. The average Bonchev–Trinajstić information content (AvgIpc) is 2.28. The number of carbonyl (C=O) groups excluding carboxylic acids is 1. The SMILES string of the molecule is CCC(C)(NS(=O)(=O)c1ncccc1N)C(N)=O. The van der Waals surface area contributed by atoms with Crippen molar-refractivity contribution < 1.29 is 13.2 Å². The van der Waals surface area contributed by atoms with Crippen molar-refractivity contribution in [1.82, 2.24) is 9.71 Å². The zero-order chi connectivity index (χ0) is 14.0. The zero-order valence-corrected chi connectivity index (χ0v) is 11.0. The van der Waals surface area contributed by atoms with E-state index in [1.165, 1.54) is 25.3 Å². The first kappa shape index (κ1) is 14.4. The number of nitrogens with two attached hydrogens (primary N) is 2. The molecule has 0 spiro atoms. The highest BCUT2D eigenvalue weighted by atomic mass is 32.2. The maximum absolute atomic E-state index is 12.1. The molecule has 100 valence electrons. The number of pyridine rings is 1. The number of nitrogen functional groups attached to an aromatic ring is 1. The van der Waals surface area contributed by atoms with Gasteiger partial charge in [0.25, 0.3) is 10.0 Å². The number of hydrogen-bond acceptors (Lipinski definition) is 5. The normalized spacial score (nSPS) is 15.0. The van der Waals surface area contributed by atoms with Crippen LogP contribution in [0.15, 0.2) is 23.4 Å². The number of anilines is 1. The van der Waals surface area contributed by atoms with E-state index in [1.54, 1.807) is 6.92 Å². The largest absolute Gasteiger partial charge is 0.396 e. The number of sulfonamides is 1. The Morgan fingerprint density at radius 1 is 1.56 bits per heavy atom. The molecule has 0 radical (unpaired) electrons. The fraction of sp³-hybridized carbons (Fsp3) is 0.400. The molecule has 1 unspecified atom stereocenters. The highest BCUT2D eigenvalue weighted by molar-refractivity contribution is 7.89. The van der Waals surface area contributed by atoms with Gasteiger partial charge < -0.3 is 11.5 Å². The lowest BCUT2D eigenvalue weighted by Gasteiger charge is -2.25. The summed E-state index contributed by atoms with van der Waals surface area (Å²) in [6.45, 7) is 3.06. The van der Waals surface area contributed by atoms with Gasteiger partial charge in [0.05, 0.1) is 5.69 Å². The number of rotatable bonds is 5. The van der Waals surface area contributed by atoms with Crippen LogP contribution in [0, 0.1) is 0 Å². The average molecular weight is 272 g/mol. The van der Waals surface area contributed by atoms with Gasteiger partial charge in [-0.3, -0.25) is 4.79 Å². The molecule has 1 heterocycles. The van der Waals surface area contributed by atoms with Crippen molar-refractivity contribution >= 4 is 21.6 Å². The van der Waals surface area contributed by atoms with Crippen molar-refractivity contribution in [3.05, 3.63) is 18.3 Å². The van der Waals surface area contributed by atoms with Crippen molar-refractivity contribution in [2.75, 3.05) is 5.73 Å². The topological polar surface area (TPSA) is 128 Å². The first-order valence-corrected chi connectivity index (χ1v) is 6.75. The molecule has 18 heavy (non-hydrogen) atoms. The Morgan fingerprint density at radius 2 is 2.17 bits per heavy atom. The van der Waals surface area contributed by atoms with Gasteiger partial charge in [-0.15, -0.1) is 0 Å². The fourth-order valence-corrected chi connectivity index (χ4v) is 2.78. The molecule has 0 aromatic carbocycles. The van der Waals surface area contributed by atoms with Crippen LogP contribution < -0.4 is 16.2 Å². The molecule has 8 heteroatoms. The molecule has 0 aliphatic carbocycles. The van der Waals surface area contributed by atoms with E-state index < -0.39 is 21.5 Å². The minimum absolute atomic E-state index is 0.00734. The monoisotopic (exact) mass is 272 g/mol. The van der Waals surface area contributed by atoms with Crippen molar-refractivity contribution in [2.24, 2.45) is 5.73 Å². The Balaban J connectivity index is 3.18. The van der Waals surface area contributed by atoms with Gasteiger partial charge in [-0.2, -0.15) is 4.72 Å². The maximum atomic E-state index is 12.1. The van der Waals surface area contributed by atoms with E-state index in [1.807, 2.05) is 0 Å². The summed E-state index contributed by atoms with van der Waals surface area (Å²) in [7, 11) is -3.99. The third-order valence-corrected chi connectivity index (χ3v) is 4.24. The Hall–Kier alpha value is -1.67. The van der Waals surface area contributed by atoms with E-state index >= 15 is 0 Å². The van der Waals surface area contributed by atoms with Crippen LogP contribution in [0.3, 0.4) is 0 Å². The highest BCUT2D eigenvalue weighted by Crippen LogP contribution is 2.18. The van der Waals surface area contributed by atoms with Crippen LogP contribution in [0.4, 0.5) is 5.69 Å². The predicted octanol–water partition coefficient (Wildman–Crippen LogP) is -0.404. The van der Waals surface area contributed by atoms with Gasteiger partial charge in [0.2, 0.25) is 5.91 Å². The predicted molar refractivity (Wildman–Crippen MR) is 66.9 cm³/mol. The Labute approximate surface area is 106 Å². The van der Waals surface area contributed by atoms with E-state index in [2.05, 4.69) is 9.71 Å². The first-order valence-electron chi connectivity index (χ1n) is 5.27. The molecule has 0 aliphatic rings. The molecule has 1 aromatic heterocycles. The van der Waals surface area contributed by atoms with Crippen molar-refractivity contribution in [3.8, 4) is 0 Å². The molecule has 0 fully saturated rings. The summed E-state index contributed by atoms with van der Waals surface area (Å²) in [6.07, 6.45) is 1.52. The number of nitrogens with one attached hydrogen (secondary N) is 1. The molecule has 1 aromatic rings. The lowest BCUT2D eigenvalue weighted by molar-refractivity contribution is -0.123. The van der Waals surface area contributed by atoms with E-state index in [-0.39, 0.29) is 17.1 Å². The van der Waals surface area contributed by atoms with Gasteiger partial charge in [0.15, 0.2) is 5.03 Å². The van der Waals surface area contributed by atoms with Crippen LogP contribution in [0.25, 0.3) is 0 Å². The highest BCUT2D eigenvalue weighted by Gasteiger charge is 2.35. The summed E-state index contributed by atoms with van der Waals surface area (Å²) in [5.74, 6) is -0.761. The second-order valence-electron chi connectivity index (χ2n) is 4.05. The quantitative estimate of drug-likeness (QED) is 0.671. The van der Waals surface area contributed by atoms with Gasteiger partial charge in [0, 0.05) is 6.20 Å². The molecule has 0 saturated carbocycles. The smallest absolute Gasteiger partial charge is 0.261 e. The van der Waals surface area contributed by atoms with Gasteiger partial charge in [-0.1, -0.05) is 6.92 Å². The molecule has 0 saturated heterocycles. The molecule has 1 atom stereocenters. The van der Waals surface area contributed by atoms with Gasteiger partial charge in [-0.25, -0.2) is 13.4 Å². The number of carbonyl (C=O) groups is 1. The molecule has 0 aliphatic heterocycles. The standard InChI is InChI=1S/C10H16N4O3S/c1-3-10(2,9(12)15)14-18(16,17)8-7(11)5-4-6-13-8/h4-6,14H,3,11H2,1-2H3,(H2,12,15). The third-order valence-electron chi connectivity index (χ3n) is 2.67. The molecular formula is C10H16N4O3S. The van der Waals surface area contributed by atoms with Gasteiger partial charge in [0.1, 0.15) is 5.54 Å². The van der Waals surface area contributed by atoms with Crippen molar-refractivity contribution in [2.45, 2.75) is 30.8 Å². The number of primary amides is 1. The van der Waals surface area contributed by atoms with Crippen molar-refractivity contribution in [1.29, 1.82) is 0 Å². The summed E-state index contributed by atoms with van der Waals surface area (Å²) in [6, 6.07) is 2.93. The van der Waals surface area contributed by atoms with Crippen LogP contribution in [0.1, 0.15) is 20.3 Å². The lowest BCUT2D eigenvalue weighted by Crippen LogP contribution is -2.54. The third kappa shape index (κ3) is 2.77. The fourth-order valence-electron chi connectivity index (χ4n) is 1.27. The Bertz CT molecular complexity index is 558. The lowest BCUT2D eigenvalue weighted by atomic mass is 10.0. The van der Waals surface area contributed by atoms with E-state index in [0.29, 0.717) is 0 Å². The minimum Gasteiger partial charge on any atom is -0.396 e. The van der Waals surface area contributed by atoms with E-state index in [0.717, 1.165) is 0 Å². The molecule has 5 N–H and O–H groups in total. The van der Waals surface area contributed by atoms with Crippen LogP contribution in [0.2, 0.25) is 0 Å². The Morgan fingerprint density at radius 3 is 2.61 bits per heavy atom. The Kier molecular flexibility index (Phi) is 3.92. The molecule has 1 amide bonds. The number of aromatic nitrogens is 1. The van der Waals surface area contributed by atoms with Crippen molar-refractivity contribution in [3.63, 3.8) is 0 Å². The molecule has 0 bridgehead atoms. The molecule has 7 nitrogen and oxygen atoms in total. The number of hydrogen-bond donors (Lipinski definition) is 3.